The summed E-state index contributed by atoms with van der Waals surface area (Å²) >= 11 is 1.73. The van der Waals surface area contributed by atoms with Gasteiger partial charge in [-0.25, -0.2) is 4.68 Å². The predicted molar refractivity (Wildman–Crippen MR) is 95.2 cm³/mol. The van der Waals surface area contributed by atoms with Crippen LogP contribution in [-0.4, -0.2) is 32.6 Å². The number of anilines is 1. The van der Waals surface area contributed by atoms with Crippen molar-refractivity contribution in [3.8, 4) is 0 Å². The molecule has 7 nitrogen and oxygen atoms in total. The van der Waals surface area contributed by atoms with Crippen molar-refractivity contribution in [2.45, 2.75) is 24.8 Å². The average molecular weight is 356 g/mol. The summed E-state index contributed by atoms with van der Waals surface area (Å²) in [6, 6.07) is 7.79. The van der Waals surface area contributed by atoms with Crippen molar-refractivity contribution in [2.24, 2.45) is 7.05 Å². The number of rotatable bonds is 1. The largest absolute Gasteiger partial charge is 0.360 e. The first-order valence-corrected chi connectivity index (χ1v) is 8.86. The van der Waals surface area contributed by atoms with E-state index in [0.29, 0.717) is 11.1 Å². The van der Waals surface area contributed by atoms with E-state index < -0.39 is 0 Å². The Kier molecular flexibility index (Phi) is 3.64. The molecule has 0 fully saturated rings. The number of amides is 1. The third-order valence-electron chi connectivity index (χ3n) is 4.31. The van der Waals surface area contributed by atoms with E-state index in [9.17, 15) is 9.59 Å². The molecular weight excluding hydrogens is 340 g/mol. The number of hydrogen-bond donors (Lipinski definition) is 0. The topological polar surface area (TPSA) is 81.2 Å². The fraction of sp³-hybridized carbons (Fsp3) is 0.294. The lowest BCUT2D eigenvalue weighted by molar-refractivity contribution is 0.0974. The zero-order valence-corrected chi connectivity index (χ0v) is 14.8. The van der Waals surface area contributed by atoms with Crippen LogP contribution in [0.15, 0.2) is 38.5 Å². The molecule has 3 aromatic rings. The molecule has 3 heterocycles. The van der Waals surface area contributed by atoms with Crippen LogP contribution >= 0.6 is 11.8 Å². The molecule has 1 atom stereocenters. The summed E-state index contributed by atoms with van der Waals surface area (Å²) in [6.45, 7) is 3.68. The number of hydrogen-bond acceptors (Lipinski definition) is 6. The summed E-state index contributed by atoms with van der Waals surface area (Å²) in [5, 5.41) is 8.41. The van der Waals surface area contributed by atoms with Crippen molar-refractivity contribution in [1.29, 1.82) is 0 Å². The molecule has 1 aliphatic heterocycles. The van der Waals surface area contributed by atoms with Crippen LogP contribution in [0, 0.1) is 6.92 Å². The Bertz CT molecular complexity index is 1060. The maximum absolute atomic E-state index is 13.4. The van der Waals surface area contributed by atoms with Crippen LogP contribution in [0.1, 0.15) is 23.2 Å². The minimum Gasteiger partial charge on any atom is -0.360 e. The SMILES string of the molecule is Cc1onc2c(=O)n(C)nc(C(=O)N3c4ccccc4SC[C@@H]3C)c12. The van der Waals surface area contributed by atoms with Gasteiger partial charge in [-0.3, -0.25) is 9.59 Å². The van der Waals surface area contributed by atoms with Gasteiger partial charge in [0.2, 0.25) is 0 Å². The van der Waals surface area contributed by atoms with Crippen LogP contribution < -0.4 is 10.5 Å². The first kappa shape index (κ1) is 15.9. The minimum absolute atomic E-state index is 0.00153. The lowest BCUT2D eigenvalue weighted by Crippen LogP contribution is -2.43. The number of aromatic nitrogens is 3. The molecule has 0 bridgehead atoms. The third-order valence-corrected chi connectivity index (χ3v) is 5.62. The number of carbonyl (C=O) groups excluding carboxylic acids is 1. The molecule has 1 aromatic carbocycles. The molecule has 0 unspecified atom stereocenters. The maximum Gasteiger partial charge on any atom is 0.296 e. The van der Waals surface area contributed by atoms with Gasteiger partial charge in [-0.15, -0.1) is 11.8 Å². The molecule has 0 N–H and O–H groups in total. The minimum atomic E-state index is -0.383. The van der Waals surface area contributed by atoms with E-state index in [0.717, 1.165) is 21.0 Å². The molecule has 1 aliphatic rings. The highest BCUT2D eigenvalue weighted by molar-refractivity contribution is 7.99. The number of carbonyl (C=O) groups is 1. The highest BCUT2D eigenvalue weighted by Gasteiger charge is 2.32. The Labute approximate surface area is 147 Å². The Balaban J connectivity index is 1.93. The number of nitrogens with zero attached hydrogens (tertiary/aromatic N) is 4. The molecule has 0 saturated carbocycles. The quantitative estimate of drug-likeness (QED) is 0.666. The lowest BCUT2D eigenvalue weighted by atomic mass is 10.1. The summed E-state index contributed by atoms with van der Waals surface area (Å²) in [5.41, 5.74) is 0.787. The Morgan fingerprint density at radius 3 is 2.92 bits per heavy atom. The molecular formula is C17H16N4O3S. The third kappa shape index (κ3) is 2.36. The first-order valence-electron chi connectivity index (χ1n) is 7.87. The Morgan fingerprint density at radius 2 is 2.12 bits per heavy atom. The summed E-state index contributed by atoms with van der Waals surface area (Å²) in [6.07, 6.45) is 0. The van der Waals surface area contributed by atoms with E-state index in [-0.39, 0.29) is 28.7 Å². The normalized spacial score (nSPS) is 16.9. The molecule has 2 aromatic heterocycles. The highest BCUT2D eigenvalue weighted by atomic mass is 32.2. The lowest BCUT2D eigenvalue weighted by Gasteiger charge is -2.34. The van der Waals surface area contributed by atoms with E-state index in [4.69, 9.17) is 4.52 Å². The second-order valence-electron chi connectivity index (χ2n) is 6.04. The van der Waals surface area contributed by atoms with Crippen LogP contribution in [0.2, 0.25) is 0 Å². The van der Waals surface area contributed by atoms with Gasteiger partial charge in [-0.2, -0.15) is 5.10 Å². The highest BCUT2D eigenvalue weighted by Crippen LogP contribution is 2.38. The van der Waals surface area contributed by atoms with Gasteiger partial charge in [0.15, 0.2) is 11.2 Å². The second kappa shape index (κ2) is 5.73. The van der Waals surface area contributed by atoms with Gasteiger partial charge in [0.25, 0.3) is 11.5 Å². The van der Waals surface area contributed by atoms with Crippen LogP contribution in [-0.2, 0) is 7.05 Å². The Morgan fingerprint density at radius 1 is 1.36 bits per heavy atom. The summed E-state index contributed by atoms with van der Waals surface area (Å²) in [5.74, 6) is 0.948. The van der Waals surface area contributed by atoms with Crippen molar-refractivity contribution in [2.75, 3.05) is 10.7 Å². The predicted octanol–water partition coefficient (Wildman–Crippen LogP) is 2.37. The van der Waals surface area contributed by atoms with Crippen molar-refractivity contribution in [3.05, 3.63) is 46.1 Å². The summed E-state index contributed by atoms with van der Waals surface area (Å²) in [4.78, 5) is 28.4. The van der Waals surface area contributed by atoms with E-state index in [2.05, 4.69) is 10.3 Å². The molecule has 0 aliphatic carbocycles. The fourth-order valence-electron chi connectivity index (χ4n) is 3.07. The number of thioether (sulfide) groups is 1. The average Bonchev–Trinajstić information content (AvgIpc) is 2.99. The zero-order chi connectivity index (χ0) is 17.7. The van der Waals surface area contributed by atoms with Gasteiger partial charge in [-0.1, -0.05) is 17.3 Å². The number of benzene rings is 1. The van der Waals surface area contributed by atoms with Gasteiger partial charge in [0.1, 0.15) is 5.76 Å². The molecule has 128 valence electrons. The van der Waals surface area contributed by atoms with E-state index >= 15 is 0 Å². The molecule has 8 heteroatoms. The number of aryl methyl sites for hydroxylation is 2. The molecule has 4 rings (SSSR count). The van der Waals surface area contributed by atoms with Gasteiger partial charge < -0.3 is 9.42 Å². The molecule has 0 saturated heterocycles. The molecule has 0 spiro atoms. The fourth-order valence-corrected chi connectivity index (χ4v) is 4.13. The number of para-hydroxylation sites is 1. The molecule has 1 amide bonds. The summed E-state index contributed by atoms with van der Waals surface area (Å²) in [7, 11) is 1.51. The van der Waals surface area contributed by atoms with Crippen molar-refractivity contribution in [1.82, 2.24) is 14.9 Å². The maximum atomic E-state index is 13.4. The molecule has 25 heavy (non-hydrogen) atoms. The first-order chi connectivity index (χ1) is 12.0. The van der Waals surface area contributed by atoms with E-state index in [1.807, 2.05) is 31.2 Å². The number of fused-ring (bicyclic) bond motifs is 2. The van der Waals surface area contributed by atoms with Crippen LogP contribution in [0.4, 0.5) is 5.69 Å². The smallest absolute Gasteiger partial charge is 0.296 e. The van der Waals surface area contributed by atoms with Gasteiger partial charge >= 0.3 is 0 Å². The van der Waals surface area contributed by atoms with Crippen molar-refractivity contribution < 1.29 is 9.32 Å². The standard InChI is InChI=1S/C17H16N4O3S/c1-9-8-25-12-7-5-4-6-11(12)21(9)17(23)14-13-10(2)24-19-15(13)16(22)20(3)18-14/h4-7,9H,8H2,1-3H3/t9-/m0/s1. The zero-order valence-electron chi connectivity index (χ0n) is 14.0. The van der Waals surface area contributed by atoms with Crippen molar-refractivity contribution in [3.63, 3.8) is 0 Å². The Hall–Kier alpha value is -2.61. The van der Waals surface area contributed by atoms with Crippen LogP contribution in [0.25, 0.3) is 10.9 Å². The van der Waals surface area contributed by atoms with Crippen LogP contribution in [0.5, 0.6) is 0 Å². The van der Waals surface area contributed by atoms with Crippen molar-refractivity contribution >= 4 is 34.3 Å². The second-order valence-corrected chi connectivity index (χ2v) is 7.10. The molecule has 0 radical (unpaired) electrons. The van der Waals surface area contributed by atoms with E-state index in [1.54, 1.807) is 23.6 Å². The van der Waals surface area contributed by atoms with Gasteiger partial charge in [0, 0.05) is 23.7 Å². The van der Waals surface area contributed by atoms with Crippen LogP contribution in [0.3, 0.4) is 0 Å². The van der Waals surface area contributed by atoms with E-state index in [1.165, 1.54) is 7.05 Å². The monoisotopic (exact) mass is 356 g/mol. The van der Waals surface area contributed by atoms with Gasteiger partial charge in [0.05, 0.1) is 11.1 Å². The van der Waals surface area contributed by atoms with Gasteiger partial charge in [-0.05, 0) is 26.0 Å². The summed E-state index contributed by atoms with van der Waals surface area (Å²) < 4.78 is 6.28.